The predicted octanol–water partition coefficient (Wildman–Crippen LogP) is 3.58. The van der Waals surface area contributed by atoms with Crippen molar-refractivity contribution in [1.29, 1.82) is 0 Å². The number of azo groups is 1. The van der Waals surface area contributed by atoms with Crippen molar-refractivity contribution in [3.05, 3.63) is 52.6 Å². The molecule has 0 radical (unpaired) electrons. The summed E-state index contributed by atoms with van der Waals surface area (Å²) in [6.45, 7) is 9.69. The zero-order valence-corrected chi connectivity index (χ0v) is 17.4. The zero-order chi connectivity index (χ0) is 21.3. The van der Waals surface area contributed by atoms with Crippen molar-refractivity contribution < 1.29 is 20.1 Å². The fourth-order valence-corrected chi connectivity index (χ4v) is 3.22. The Bertz CT molecular complexity index is 915. The zero-order valence-electron chi connectivity index (χ0n) is 17.4. The van der Waals surface area contributed by atoms with Crippen LogP contribution in [0.2, 0.25) is 0 Å². The summed E-state index contributed by atoms with van der Waals surface area (Å²) in [5.74, 6) is 0. The van der Waals surface area contributed by atoms with Crippen LogP contribution >= 0.6 is 0 Å². The molecule has 1 saturated heterocycles. The first-order valence-corrected chi connectivity index (χ1v) is 9.74. The number of aryl methyl sites for hydroxylation is 4. The minimum atomic E-state index is -1.30. The van der Waals surface area contributed by atoms with Crippen molar-refractivity contribution in [3.63, 3.8) is 0 Å². The summed E-state index contributed by atoms with van der Waals surface area (Å²) in [7, 11) is 0. The van der Waals surface area contributed by atoms with E-state index in [0.29, 0.717) is 11.4 Å². The molecule has 3 rings (SSSR count). The number of hydrogen-bond donors (Lipinski definition) is 4. The molecule has 1 aliphatic rings. The quantitative estimate of drug-likeness (QED) is 0.588. The van der Waals surface area contributed by atoms with Crippen LogP contribution in [0.1, 0.15) is 29.2 Å². The SMILES string of the molecule is Cc1ccc(N=Nc2cc(C)c(C)cc2N[C@@H]2O[C@@H](C)[C@@H](O)[C@@H](O)[C@H]2O)cc1C. The van der Waals surface area contributed by atoms with Crippen LogP contribution < -0.4 is 5.32 Å². The molecule has 29 heavy (non-hydrogen) atoms. The van der Waals surface area contributed by atoms with Gasteiger partial charge in [-0.15, -0.1) is 5.11 Å². The third-order valence-corrected chi connectivity index (χ3v) is 5.53. The molecule has 4 N–H and O–H groups in total. The van der Waals surface area contributed by atoms with Crippen LogP contribution in [0.3, 0.4) is 0 Å². The summed E-state index contributed by atoms with van der Waals surface area (Å²) in [5, 5.41) is 42.1. The first-order valence-electron chi connectivity index (χ1n) is 9.74. The average molecular weight is 399 g/mol. The van der Waals surface area contributed by atoms with Crippen LogP contribution in [0, 0.1) is 27.7 Å². The van der Waals surface area contributed by atoms with Crippen LogP contribution in [0.5, 0.6) is 0 Å². The first-order chi connectivity index (χ1) is 13.7. The lowest BCUT2D eigenvalue weighted by atomic mass is 9.98. The predicted molar refractivity (Wildman–Crippen MR) is 112 cm³/mol. The van der Waals surface area contributed by atoms with Gasteiger partial charge in [-0.2, -0.15) is 5.11 Å². The van der Waals surface area contributed by atoms with Gasteiger partial charge in [-0.1, -0.05) is 6.07 Å². The maximum absolute atomic E-state index is 10.3. The smallest absolute Gasteiger partial charge is 0.157 e. The number of rotatable bonds is 4. The lowest BCUT2D eigenvalue weighted by Crippen LogP contribution is -2.58. The molecule has 0 unspecified atom stereocenters. The van der Waals surface area contributed by atoms with E-state index in [2.05, 4.69) is 15.5 Å². The van der Waals surface area contributed by atoms with Gasteiger partial charge in [0.2, 0.25) is 0 Å². The van der Waals surface area contributed by atoms with E-state index in [0.717, 1.165) is 22.4 Å². The Labute approximate surface area is 171 Å². The minimum absolute atomic E-state index is 0.593. The number of anilines is 1. The van der Waals surface area contributed by atoms with Crippen LogP contribution in [0.25, 0.3) is 0 Å². The molecule has 1 fully saturated rings. The first kappa shape index (κ1) is 21.4. The second kappa shape index (κ2) is 8.59. The van der Waals surface area contributed by atoms with Gasteiger partial charge in [0.25, 0.3) is 0 Å². The van der Waals surface area contributed by atoms with E-state index in [1.165, 1.54) is 5.56 Å². The molecule has 7 nitrogen and oxygen atoms in total. The Kier molecular flexibility index (Phi) is 6.33. The fraction of sp³-hybridized carbons (Fsp3) is 0.455. The van der Waals surface area contributed by atoms with Crippen molar-refractivity contribution in [1.82, 2.24) is 0 Å². The number of ether oxygens (including phenoxy) is 1. The van der Waals surface area contributed by atoms with E-state index in [9.17, 15) is 15.3 Å². The summed E-state index contributed by atoms with van der Waals surface area (Å²) in [4.78, 5) is 0. The highest BCUT2D eigenvalue weighted by Crippen LogP contribution is 2.33. The molecule has 7 heteroatoms. The standard InChI is InChI=1S/C22H29N3O4/c1-11-6-7-16(8-12(11)2)24-25-18-10-14(4)13(3)9-17(18)23-22-21(28)20(27)19(26)15(5)29-22/h6-10,15,19-23,26-28H,1-5H3/t15-,19+,20+,21+,22+/m0/s1. The van der Waals surface area contributed by atoms with Gasteiger partial charge in [0.05, 0.1) is 17.5 Å². The number of aliphatic hydroxyl groups is 3. The van der Waals surface area contributed by atoms with Gasteiger partial charge in [0, 0.05) is 0 Å². The van der Waals surface area contributed by atoms with Gasteiger partial charge in [-0.25, -0.2) is 0 Å². The molecular formula is C22H29N3O4. The van der Waals surface area contributed by atoms with Crippen molar-refractivity contribution in [2.45, 2.75) is 65.3 Å². The van der Waals surface area contributed by atoms with Crippen LogP contribution in [0.15, 0.2) is 40.6 Å². The van der Waals surface area contributed by atoms with Gasteiger partial charge < -0.3 is 25.4 Å². The van der Waals surface area contributed by atoms with Gasteiger partial charge in [-0.3, -0.25) is 0 Å². The molecule has 0 aliphatic carbocycles. The van der Waals surface area contributed by atoms with E-state index in [4.69, 9.17) is 4.74 Å². The highest BCUT2D eigenvalue weighted by atomic mass is 16.5. The maximum Gasteiger partial charge on any atom is 0.157 e. The molecule has 0 amide bonds. The van der Waals surface area contributed by atoms with Crippen LogP contribution in [-0.2, 0) is 4.74 Å². The second-order valence-corrected chi connectivity index (χ2v) is 7.80. The summed E-state index contributed by atoms with van der Waals surface area (Å²) in [6.07, 6.45) is -5.25. The van der Waals surface area contributed by atoms with Crippen molar-refractivity contribution in [3.8, 4) is 0 Å². The highest BCUT2D eigenvalue weighted by molar-refractivity contribution is 5.68. The Morgan fingerprint density at radius 3 is 2.14 bits per heavy atom. The van der Waals surface area contributed by atoms with E-state index in [1.807, 2.05) is 58.0 Å². The monoisotopic (exact) mass is 399 g/mol. The van der Waals surface area contributed by atoms with Gasteiger partial charge >= 0.3 is 0 Å². The van der Waals surface area contributed by atoms with Crippen molar-refractivity contribution >= 4 is 17.1 Å². The Morgan fingerprint density at radius 1 is 0.793 bits per heavy atom. The van der Waals surface area contributed by atoms with Gasteiger partial charge in [0.1, 0.15) is 24.0 Å². The normalized spacial score (nSPS) is 27.4. The molecule has 156 valence electrons. The lowest BCUT2D eigenvalue weighted by molar-refractivity contribution is -0.209. The largest absolute Gasteiger partial charge is 0.388 e. The van der Waals surface area contributed by atoms with E-state index in [1.54, 1.807) is 6.92 Å². The summed E-state index contributed by atoms with van der Waals surface area (Å²) < 4.78 is 5.66. The van der Waals surface area contributed by atoms with E-state index < -0.39 is 30.6 Å². The van der Waals surface area contributed by atoms with Crippen molar-refractivity contribution in [2.75, 3.05) is 5.32 Å². The third-order valence-electron chi connectivity index (χ3n) is 5.53. The molecule has 2 aromatic carbocycles. The third kappa shape index (κ3) is 4.64. The van der Waals surface area contributed by atoms with Gasteiger partial charge in [0.15, 0.2) is 6.23 Å². The number of hydrogen-bond acceptors (Lipinski definition) is 7. The fourth-order valence-electron chi connectivity index (χ4n) is 3.22. The molecule has 0 saturated carbocycles. The Morgan fingerprint density at radius 2 is 1.45 bits per heavy atom. The number of benzene rings is 2. The average Bonchev–Trinajstić information content (AvgIpc) is 2.68. The molecule has 1 aliphatic heterocycles. The maximum atomic E-state index is 10.3. The van der Waals surface area contributed by atoms with Gasteiger partial charge in [-0.05, 0) is 81.1 Å². The summed E-state index contributed by atoms with van der Waals surface area (Å²) in [6, 6.07) is 9.70. The number of aliphatic hydroxyl groups excluding tert-OH is 3. The molecule has 0 aromatic heterocycles. The summed E-state index contributed by atoms with van der Waals surface area (Å²) in [5.41, 5.74) is 6.39. The van der Waals surface area contributed by atoms with Crippen molar-refractivity contribution in [2.24, 2.45) is 10.2 Å². The summed E-state index contributed by atoms with van der Waals surface area (Å²) >= 11 is 0. The van der Waals surface area contributed by atoms with E-state index in [-0.39, 0.29) is 0 Å². The number of nitrogens with zero attached hydrogens (tertiary/aromatic N) is 2. The molecule has 1 heterocycles. The Balaban J connectivity index is 1.89. The molecular weight excluding hydrogens is 370 g/mol. The number of nitrogens with one attached hydrogen (secondary N) is 1. The molecule has 0 spiro atoms. The second-order valence-electron chi connectivity index (χ2n) is 7.80. The van der Waals surface area contributed by atoms with Crippen LogP contribution in [0.4, 0.5) is 17.1 Å². The molecule has 2 aromatic rings. The van der Waals surface area contributed by atoms with Crippen LogP contribution in [-0.4, -0.2) is 46.0 Å². The Hall–Kier alpha value is -2.32. The lowest BCUT2D eigenvalue weighted by Gasteiger charge is -2.40. The molecule has 0 bridgehead atoms. The topological polar surface area (TPSA) is 107 Å². The highest BCUT2D eigenvalue weighted by Gasteiger charge is 2.41. The minimum Gasteiger partial charge on any atom is -0.388 e. The molecule has 5 atom stereocenters. The van der Waals surface area contributed by atoms with E-state index >= 15 is 0 Å².